The summed E-state index contributed by atoms with van der Waals surface area (Å²) in [6, 6.07) is 12.7. The molecule has 3 aromatic carbocycles. The van der Waals surface area contributed by atoms with Gasteiger partial charge in [0.25, 0.3) is 17.5 Å². The molecule has 0 saturated carbocycles. The Labute approximate surface area is 154 Å². The number of amides is 2. The second-order valence-corrected chi connectivity index (χ2v) is 6.82. The number of imide groups is 1. The van der Waals surface area contributed by atoms with Gasteiger partial charge in [-0.15, -0.1) is 0 Å². The second-order valence-electron chi connectivity index (χ2n) is 5.85. The molecule has 2 amide bonds. The maximum Gasteiger partial charge on any atom is 0.270 e. The molecule has 3 aromatic rings. The largest absolute Gasteiger partial charge is 0.302 e. The van der Waals surface area contributed by atoms with Crippen molar-refractivity contribution in [1.82, 2.24) is 0 Å². The minimum Gasteiger partial charge on any atom is -0.302 e. The van der Waals surface area contributed by atoms with E-state index in [-0.39, 0.29) is 27.4 Å². The van der Waals surface area contributed by atoms with Crippen LogP contribution in [0.5, 0.6) is 0 Å². The Bertz CT molecular complexity index is 1190. The molecule has 8 nitrogen and oxygen atoms in total. The van der Waals surface area contributed by atoms with Crippen LogP contribution >= 0.6 is 0 Å². The number of anilines is 1. The molecule has 0 radical (unpaired) electrons. The summed E-state index contributed by atoms with van der Waals surface area (Å²) in [5.74, 6) is -1.33. The highest BCUT2D eigenvalue weighted by molar-refractivity contribution is 7.79. The van der Waals surface area contributed by atoms with Crippen LogP contribution < -0.4 is 4.90 Å². The maximum absolute atomic E-state index is 13.0. The minimum atomic E-state index is -2.29. The van der Waals surface area contributed by atoms with Crippen LogP contribution in [-0.2, 0) is 11.1 Å². The molecule has 1 aliphatic heterocycles. The van der Waals surface area contributed by atoms with Crippen LogP contribution in [0.2, 0.25) is 0 Å². The van der Waals surface area contributed by atoms with Gasteiger partial charge in [0.05, 0.1) is 21.1 Å². The van der Waals surface area contributed by atoms with Gasteiger partial charge in [0.2, 0.25) is 0 Å². The Kier molecular flexibility index (Phi) is 3.83. The highest BCUT2D eigenvalue weighted by atomic mass is 32.2. The SMILES string of the molecule is O=C1c2cccc3cc([N+](=O)[O-])cc(c23)C(=O)N1c1cccc(S(=O)O)c1. The third-order valence-electron chi connectivity index (χ3n) is 4.32. The van der Waals surface area contributed by atoms with E-state index in [9.17, 15) is 28.5 Å². The summed E-state index contributed by atoms with van der Waals surface area (Å²) in [5.41, 5.74) is 0.110. The van der Waals surface area contributed by atoms with Gasteiger partial charge >= 0.3 is 0 Å². The number of hydrogen-bond acceptors (Lipinski definition) is 5. The Morgan fingerprint density at radius 3 is 2.37 bits per heavy atom. The van der Waals surface area contributed by atoms with Crippen LogP contribution in [0.1, 0.15) is 20.7 Å². The van der Waals surface area contributed by atoms with E-state index in [0.717, 1.165) is 11.0 Å². The van der Waals surface area contributed by atoms with Gasteiger partial charge < -0.3 is 4.55 Å². The van der Waals surface area contributed by atoms with Crippen molar-refractivity contribution in [2.24, 2.45) is 0 Å². The molecular weight excluding hydrogens is 372 g/mol. The van der Waals surface area contributed by atoms with Gasteiger partial charge in [0.15, 0.2) is 11.1 Å². The van der Waals surface area contributed by atoms with Crippen molar-refractivity contribution in [2.45, 2.75) is 4.90 Å². The molecule has 0 aliphatic carbocycles. The van der Waals surface area contributed by atoms with Crippen molar-refractivity contribution < 1.29 is 23.3 Å². The van der Waals surface area contributed by atoms with Gasteiger partial charge in [-0.1, -0.05) is 18.2 Å². The van der Waals surface area contributed by atoms with Gasteiger partial charge in [-0.3, -0.25) is 19.7 Å². The molecule has 0 aromatic heterocycles. The molecule has 1 aliphatic rings. The molecule has 0 saturated heterocycles. The van der Waals surface area contributed by atoms with Crippen molar-refractivity contribution in [3.05, 3.63) is 75.8 Å². The molecule has 0 fully saturated rings. The maximum atomic E-state index is 13.0. The first kappa shape index (κ1) is 17.0. The first-order chi connectivity index (χ1) is 12.9. The van der Waals surface area contributed by atoms with Crippen molar-refractivity contribution in [3.8, 4) is 0 Å². The number of rotatable bonds is 3. The summed E-state index contributed by atoms with van der Waals surface area (Å²) in [4.78, 5) is 37.4. The third kappa shape index (κ3) is 2.60. The number of nitro benzene ring substituents is 1. The van der Waals surface area contributed by atoms with E-state index in [1.165, 1.54) is 36.4 Å². The van der Waals surface area contributed by atoms with E-state index in [4.69, 9.17) is 0 Å². The minimum absolute atomic E-state index is 0.0242. The molecule has 1 heterocycles. The predicted molar refractivity (Wildman–Crippen MR) is 97.2 cm³/mol. The third-order valence-corrected chi connectivity index (χ3v) is 4.97. The van der Waals surface area contributed by atoms with Crippen LogP contribution in [0.3, 0.4) is 0 Å². The Hall–Kier alpha value is -3.43. The summed E-state index contributed by atoms with van der Waals surface area (Å²) >= 11 is -2.29. The quantitative estimate of drug-likeness (QED) is 0.322. The van der Waals surface area contributed by atoms with Gasteiger partial charge in [-0.05, 0) is 29.7 Å². The highest BCUT2D eigenvalue weighted by Crippen LogP contribution is 2.35. The van der Waals surface area contributed by atoms with Gasteiger partial charge in [-0.25, -0.2) is 9.11 Å². The number of carbonyl (C=O) groups excluding carboxylic acids is 2. The van der Waals surface area contributed by atoms with Crippen molar-refractivity contribution >= 4 is 45.0 Å². The molecule has 0 spiro atoms. The summed E-state index contributed by atoms with van der Waals surface area (Å²) in [5, 5.41) is 12.0. The number of nitro groups is 1. The summed E-state index contributed by atoms with van der Waals surface area (Å²) in [7, 11) is 0. The second kappa shape index (κ2) is 6.08. The van der Waals surface area contributed by atoms with Crippen LogP contribution in [-0.4, -0.2) is 25.5 Å². The molecule has 1 N–H and O–H groups in total. The molecule has 4 rings (SSSR count). The molecule has 1 unspecified atom stereocenters. The number of benzene rings is 3. The first-order valence-electron chi connectivity index (χ1n) is 7.69. The lowest BCUT2D eigenvalue weighted by molar-refractivity contribution is -0.384. The van der Waals surface area contributed by atoms with E-state index >= 15 is 0 Å². The van der Waals surface area contributed by atoms with E-state index in [1.54, 1.807) is 12.1 Å². The lowest BCUT2D eigenvalue weighted by Crippen LogP contribution is -2.40. The molecule has 27 heavy (non-hydrogen) atoms. The molecular formula is C18H10N2O6S. The Morgan fingerprint density at radius 1 is 0.963 bits per heavy atom. The molecule has 0 bridgehead atoms. The zero-order valence-electron chi connectivity index (χ0n) is 13.5. The van der Waals surface area contributed by atoms with E-state index in [1.807, 2.05) is 0 Å². The summed E-state index contributed by atoms with van der Waals surface area (Å²) in [6.45, 7) is 0. The smallest absolute Gasteiger partial charge is 0.270 e. The van der Waals surface area contributed by atoms with Crippen LogP contribution in [0.15, 0.2) is 59.5 Å². The molecule has 134 valence electrons. The van der Waals surface area contributed by atoms with Crippen LogP contribution in [0, 0.1) is 10.1 Å². The molecule has 9 heteroatoms. The van der Waals surface area contributed by atoms with Crippen LogP contribution in [0.25, 0.3) is 10.8 Å². The Morgan fingerprint density at radius 2 is 1.67 bits per heavy atom. The lowest BCUT2D eigenvalue weighted by atomic mass is 9.93. The van der Waals surface area contributed by atoms with E-state index < -0.39 is 27.8 Å². The average molecular weight is 382 g/mol. The topological polar surface area (TPSA) is 118 Å². The lowest BCUT2D eigenvalue weighted by Gasteiger charge is -2.27. The number of non-ortho nitro benzene ring substituents is 1. The highest BCUT2D eigenvalue weighted by Gasteiger charge is 2.35. The Balaban J connectivity index is 1.97. The zero-order chi connectivity index (χ0) is 19.3. The van der Waals surface area contributed by atoms with Crippen molar-refractivity contribution in [1.29, 1.82) is 0 Å². The average Bonchev–Trinajstić information content (AvgIpc) is 2.65. The van der Waals surface area contributed by atoms with E-state index in [0.29, 0.717) is 10.8 Å². The fraction of sp³-hybridized carbons (Fsp3) is 0. The fourth-order valence-corrected chi connectivity index (χ4v) is 3.58. The number of hydrogen-bond donors (Lipinski definition) is 1. The van der Waals surface area contributed by atoms with Gasteiger partial charge in [0.1, 0.15) is 0 Å². The monoisotopic (exact) mass is 382 g/mol. The van der Waals surface area contributed by atoms with Gasteiger partial charge in [-0.2, -0.15) is 0 Å². The standard InChI is InChI=1S/C18H10N2O6S/c21-17-14-6-1-3-10-7-12(20(23)24)9-15(16(10)14)18(22)19(17)11-4-2-5-13(8-11)27(25)26/h1-9H,(H,25,26). The summed E-state index contributed by atoms with van der Waals surface area (Å²) in [6.07, 6.45) is 0. The molecule has 1 atom stereocenters. The van der Waals surface area contributed by atoms with Crippen LogP contribution in [0.4, 0.5) is 11.4 Å². The number of carbonyl (C=O) groups is 2. The fourth-order valence-electron chi connectivity index (χ4n) is 3.16. The van der Waals surface area contributed by atoms with Gasteiger partial charge in [0, 0.05) is 23.1 Å². The first-order valence-corrected chi connectivity index (χ1v) is 8.80. The predicted octanol–water partition coefficient (Wildman–Crippen LogP) is 3.13. The normalized spacial score (nSPS) is 14.5. The van der Waals surface area contributed by atoms with Crippen molar-refractivity contribution in [3.63, 3.8) is 0 Å². The van der Waals surface area contributed by atoms with Crippen molar-refractivity contribution in [2.75, 3.05) is 4.90 Å². The zero-order valence-corrected chi connectivity index (χ0v) is 14.3. The summed E-state index contributed by atoms with van der Waals surface area (Å²) < 4.78 is 20.6. The number of nitrogens with zero attached hydrogens (tertiary/aromatic N) is 2. The van der Waals surface area contributed by atoms with E-state index in [2.05, 4.69) is 0 Å².